The lowest BCUT2D eigenvalue weighted by atomic mass is 10.2. The molecule has 7 nitrogen and oxygen atoms in total. The van der Waals surface area contributed by atoms with Gasteiger partial charge in [0, 0.05) is 25.7 Å². The summed E-state index contributed by atoms with van der Waals surface area (Å²) in [5, 5.41) is 2.85. The molecule has 8 heteroatoms. The van der Waals surface area contributed by atoms with E-state index in [1.807, 2.05) is 0 Å². The second-order valence-corrected chi connectivity index (χ2v) is 5.35. The summed E-state index contributed by atoms with van der Waals surface area (Å²) in [5.74, 6) is -3.54. The van der Waals surface area contributed by atoms with E-state index in [1.165, 1.54) is 32.0 Å². The number of nitrogens with one attached hydrogen (secondary N) is 1. The van der Waals surface area contributed by atoms with Crippen molar-refractivity contribution in [1.82, 2.24) is 0 Å². The average Bonchev–Trinajstić information content (AvgIpc) is 2.35. The minimum atomic E-state index is -1.29. The number of nitrogens with two attached hydrogens (primary N) is 1. The number of hydrogen-bond donors (Lipinski definition) is 2. The average molecular weight is 325 g/mol. The highest BCUT2D eigenvalue weighted by Crippen LogP contribution is 2.24. The van der Waals surface area contributed by atoms with Crippen LogP contribution in [-0.2, 0) is 19.1 Å². The van der Waals surface area contributed by atoms with Gasteiger partial charge in [-0.05, 0) is 18.2 Å². The van der Waals surface area contributed by atoms with E-state index in [-0.39, 0.29) is 16.2 Å². The second-order valence-electron chi connectivity index (χ2n) is 4.94. The van der Waals surface area contributed by atoms with Crippen LogP contribution in [0.5, 0.6) is 0 Å². The van der Waals surface area contributed by atoms with E-state index in [0.717, 1.165) is 6.20 Å². The van der Waals surface area contributed by atoms with E-state index >= 15 is 0 Å². The van der Waals surface area contributed by atoms with Crippen molar-refractivity contribution >= 4 is 35.1 Å². The second kappa shape index (κ2) is 5.69. The molecule has 1 aromatic rings. The molecule has 2 rings (SSSR count). The van der Waals surface area contributed by atoms with E-state index in [2.05, 4.69) is 5.32 Å². The highest BCUT2D eigenvalue weighted by molar-refractivity contribution is 6.34. The molecule has 1 amide bonds. The Morgan fingerprint density at radius 3 is 2.36 bits per heavy atom. The maximum absolute atomic E-state index is 11.7. The molecule has 1 fully saturated rings. The summed E-state index contributed by atoms with van der Waals surface area (Å²) in [6, 6.07) is 4.38. The standard InChI is InChI=1S/C14H13ClN2O5/c1-14(2)21-12(19)9(13(20)22-14)6-17-7-3-4-8(11(16)18)10(15)5-7/h3-6,17H,1-2H3,(H2,16,18). The Morgan fingerprint density at radius 2 is 1.86 bits per heavy atom. The SMILES string of the molecule is CC1(C)OC(=O)C(=CNc2ccc(C(N)=O)c(Cl)c2)C(=O)O1. The minimum Gasteiger partial charge on any atom is -0.419 e. The van der Waals surface area contributed by atoms with Gasteiger partial charge >= 0.3 is 11.9 Å². The molecule has 116 valence electrons. The van der Waals surface area contributed by atoms with Gasteiger partial charge in [0.15, 0.2) is 5.57 Å². The number of rotatable bonds is 3. The molecular weight excluding hydrogens is 312 g/mol. The quantitative estimate of drug-likeness (QED) is 0.496. The van der Waals surface area contributed by atoms with Crippen molar-refractivity contribution in [3.05, 3.63) is 40.6 Å². The van der Waals surface area contributed by atoms with Crippen LogP contribution >= 0.6 is 11.6 Å². The fourth-order valence-corrected chi connectivity index (χ4v) is 2.01. The number of esters is 2. The fraction of sp³-hybridized carbons (Fsp3) is 0.214. The van der Waals surface area contributed by atoms with Gasteiger partial charge in [-0.3, -0.25) is 4.79 Å². The summed E-state index contributed by atoms with van der Waals surface area (Å²) in [6.07, 6.45) is 1.15. The molecule has 22 heavy (non-hydrogen) atoms. The van der Waals surface area contributed by atoms with Crippen LogP contribution in [0.4, 0.5) is 5.69 Å². The van der Waals surface area contributed by atoms with Crippen molar-refractivity contribution in [3.63, 3.8) is 0 Å². The van der Waals surface area contributed by atoms with Gasteiger partial charge in [-0.15, -0.1) is 0 Å². The van der Waals surface area contributed by atoms with Crippen molar-refractivity contribution in [2.24, 2.45) is 5.73 Å². The normalized spacial score (nSPS) is 16.6. The third-order valence-corrected chi connectivity index (χ3v) is 3.05. The smallest absolute Gasteiger partial charge is 0.350 e. The van der Waals surface area contributed by atoms with Gasteiger partial charge in [0.2, 0.25) is 5.91 Å². The van der Waals surface area contributed by atoms with Gasteiger partial charge in [0.25, 0.3) is 5.79 Å². The molecule has 1 aliphatic rings. The zero-order valence-corrected chi connectivity index (χ0v) is 12.6. The molecule has 0 atom stereocenters. The highest BCUT2D eigenvalue weighted by Gasteiger charge is 2.38. The Morgan fingerprint density at radius 1 is 1.27 bits per heavy atom. The molecule has 1 saturated heterocycles. The molecule has 3 N–H and O–H groups in total. The van der Waals surface area contributed by atoms with Crippen LogP contribution in [0.25, 0.3) is 0 Å². The van der Waals surface area contributed by atoms with Crippen molar-refractivity contribution < 1.29 is 23.9 Å². The monoisotopic (exact) mass is 324 g/mol. The number of amides is 1. The Kier molecular flexibility index (Phi) is 4.09. The van der Waals surface area contributed by atoms with Crippen molar-refractivity contribution in [1.29, 1.82) is 0 Å². The van der Waals surface area contributed by atoms with E-state index < -0.39 is 23.6 Å². The summed E-state index contributed by atoms with van der Waals surface area (Å²) in [5.41, 5.74) is 5.47. The number of carbonyl (C=O) groups excluding carboxylic acids is 3. The lowest BCUT2D eigenvalue weighted by molar-refractivity contribution is -0.222. The van der Waals surface area contributed by atoms with Gasteiger partial charge in [-0.25, -0.2) is 9.59 Å². The van der Waals surface area contributed by atoms with Crippen LogP contribution in [0.15, 0.2) is 30.0 Å². The van der Waals surface area contributed by atoms with Crippen LogP contribution in [0.1, 0.15) is 24.2 Å². The van der Waals surface area contributed by atoms with E-state index in [0.29, 0.717) is 5.69 Å². The van der Waals surface area contributed by atoms with E-state index in [4.69, 9.17) is 26.8 Å². The van der Waals surface area contributed by atoms with Crippen LogP contribution in [0.3, 0.4) is 0 Å². The predicted octanol–water partition coefficient (Wildman–Crippen LogP) is 1.57. The zero-order chi connectivity index (χ0) is 16.5. The topological polar surface area (TPSA) is 108 Å². The lowest BCUT2D eigenvalue weighted by Gasteiger charge is -2.29. The first-order valence-corrected chi connectivity index (χ1v) is 6.60. The molecule has 1 aromatic carbocycles. The van der Waals surface area contributed by atoms with Crippen LogP contribution in [0.2, 0.25) is 5.02 Å². The van der Waals surface area contributed by atoms with Gasteiger partial charge in [-0.1, -0.05) is 11.6 Å². The largest absolute Gasteiger partial charge is 0.419 e. The zero-order valence-electron chi connectivity index (χ0n) is 11.8. The number of anilines is 1. The number of hydrogen-bond acceptors (Lipinski definition) is 6. The first-order chi connectivity index (χ1) is 10.2. The van der Waals surface area contributed by atoms with Crippen LogP contribution in [-0.4, -0.2) is 23.6 Å². The Labute approximate surface area is 131 Å². The van der Waals surface area contributed by atoms with Crippen molar-refractivity contribution in [2.45, 2.75) is 19.6 Å². The maximum Gasteiger partial charge on any atom is 0.350 e. The molecule has 1 heterocycles. The highest BCUT2D eigenvalue weighted by atomic mass is 35.5. The third kappa shape index (κ3) is 3.37. The van der Waals surface area contributed by atoms with E-state index in [9.17, 15) is 14.4 Å². The number of cyclic esters (lactones) is 2. The fourth-order valence-electron chi connectivity index (χ4n) is 1.74. The molecule has 1 aliphatic heterocycles. The number of ether oxygens (including phenoxy) is 2. The maximum atomic E-state index is 11.7. The van der Waals surface area contributed by atoms with Crippen LogP contribution < -0.4 is 11.1 Å². The Bertz CT molecular complexity index is 674. The summed E-state index contributed by atoms with van der Waals surface area (Å²) in [4.78, 5) is 34.5. The number of primary amides is 1. The summed E-state index contributed by atoms with van der Waals surface area (Å²) < 4.78 is 9.88. The summed E-state index contributed by atoms with van der Waals surface area (Å²) in [7, 11) is 0. The number of benzene rings is 1. The molecule has 0 bridgehead atoms. The van der Waals surface area contributed by atoms with Crippen LogP contribution in [0, 0.1) is 0 Å². The van der Waals surface area contributed by atoms with Crippen molar-refractivity contribution in [2.75, 3.05) is 5.32 Å². The molecule has 0 radical (unpaired) electrons. The van der Waals surface area contributed by atoms with E-state index in [1.54, 1.807) is 0 Å². The minimum absolute atomic E-state index is 0.144. The third-order valence-electron chi connectivity index (χ3n) is 2.73. The van der Waals surface area contributed by atoms with Gasteiger partial charge in [-0.2, -0.15) is 0 Å². The summed E-state index contributed by atoms with van der Waals surface area (Å²) >= 11 is 5.90. The van der Waals surface area contributed by atoms with Crippen molar-refractivity contribution in [3.8, 4) is 0 Å². The lowest BCUT2D eigenvalue weighted by Crippen LogP contribution is -2.42. The predicted molar refractivity (Wildman–Crippen MR) is 77.9 cm³/mol. The Balaban J connectivity index is 2.18. The molecule has 0 aromatic heterocycles. The first kappa shape index (κ1) is 15.8. The molecule has 0 aliphatic carbocycles. The van der Waals surface area contributed by atoms with Gasteiger partial charge in [0.05, 0.1) is 10.6 Å². The molecular formula is C14H13ClN2O5. The summed E-state index contributed by atoms with van der Waals surface area (Å²) in [6.45, 7) is 2.91. The number of carbonyl (C=O) groups is 3. The molecule has 0 saturated carbocycles. The first-order valence-electron chi connectivity index (χ1n) is 6.22. The number of halogens is 1. The van der Waals surface area contributed by atoms with Gasteiger partial charge < -0.3 is 20.5 Å². The van der Waals surface area contributed by atoms with Gasteiger partial charge in [0.1, 0.15) is 0 Å². The Hall–Kier alpha value is -2.54. The molecule has 0 spiro atoms. The molecule has 0 unspecified atom stereocenters.